The second-order valence-electron chi connectivity index (χ2n) is 17.3. The molecule has 1 heterocycles. The lowest BCUT2D eigenvalue weighted by Gasteiger charge is -2.65. The van der Waals surface area contributed by atoms with Crippen LogP contribution in [-0.2, 0) is 47.7 Å². The molecule has 0 spiro atoms. The van der Waals surface area contributed by atoms with Crippen LogP contribution in [-0.4, -0.2) is 99.4 Å². The molecule has 1 saturated heterocycles. The van der Waals surface area contributed by atoms with Crippen molar-refractivity contribution < 1.29 is 67.8 Å². The van der Waals surface area contributed by atoms with Crippen LogP contribution < -0.4 is 5.32 Å². The Hall–Kier alpha value is -4.96. The Kier molecular flexibility index (Phi) is 12.5. The Labute approximate surface area is 348 Å². The van der Waals surface area contributed by atoms with E-state index in [2.05, 4.69) is 5.32 Å². The van der Waals surface area contributed by atoms with E-state index in [4.69, 9.17) is 23.7 Å². The van der Waals surface area contributed by atoms with Crippen LogP contribution in [0.2, 0.25) is 0 Å². The Balaban J connectivity index is 1.53. The smallest absolute Gasteiger partial charge is 0.338 e. The summed E-state index contributed by atoms with van der Waals surface area (Å²) in [5.74, 6) is -7.62. The van der Waals surface area contributed by atoms with E-state index >= 15 is 4.79 Å². The molecule has 15 heteroatoms. The molecule has 4 aliphatic rings. The van der Waals surface area contributed by atoms with Crippen molar-refractivity contribution >= 4 is 35.6 Å². The second kappa shape index (κ2) is 16.8. The number of carbonyl (C=O) groups excluding carboxylic acids is 6. The highest BCUT2D eigenvalue weighted by Crippen LogP contribution is 2.63. The Morgan fingerprint density at radius 3 is 2.10 bits per heavy atom. The molecule has 2 bridgehead atoms. The van der Waals surface area contributed by atoms with Crippen LogP contribution >= 0.6 is 0 Å². The van der Waals surface area contributed by atoms with E-state index in [0.29, 0.717) is 12.0 Å². The fraction of sp³-hybridized carbons (Fsp3) is 0.556. The molecule has 2 saturated carbocycles. The minimum atomic E-state index is -2.31. The van der Waals surface area contributed by atoms with Crippen molar-refractivity contribution in [3.05, 3.63) is 82.9 Å². The number of ketones is 1. The monoisotopic (exact) mass is 833 g/mol. The van der Waals surface area contributed by atoms with Gasteiger partial charge in [-0.05, 0) is 49.1 Å². The van der Waals surface area contributed by atoms with Gasteiger partial charge in [0.1, 0.15) is 17.8 Å². The summed E-state index contributed by atoms with van der Waals surface area (Å²) in [5, 5.41) is 40.0. The van der Waals surface area contributed by atoms with E-state index in [0.717, 1.165) is 6.92 Å². The number of hydrogen-bond acceptors (Lipinski definition) is 14. The molecular formula is C45H55NO14. The van der Waals surface area contributed by atoms with Crippen molar-refractivity contribution in [2.45, 2.75) is 129 Å². The van der Waals surface area contributed by atoms with Crippen molar-refractivity contribution in [3.63, 3.8) is 0 Å². The lowest BCUT2D eigenvalue weighted by Crippen LogP contribution is -2.76. The van der Waals surface area contributed by atoms with Crippen LogP contribution in [0.1, 0.15) is 96.6 Å². The average Bonchev–Trinajstić information content (AvgIpc) is 3.20. The third-order valence-electron chi connectivity index (χ3n) is 13.4. The zero-order valence-electron chi connectivity index (χ0n) is 35.1. The fourth-order valence-corrected chi connectivity index (χ4v) is 9.73. The third-order valence-corrected chi connectivity index (χ3v) is 13.4. The number of fused-ring (bicyclic) bond motifs is 5. The number of carbonyl (C=O) groups is 6. The molecular weight excluding hydrogens is 778 g/mol. The molecule has 3 aliphatic carbocycles. The SMILES string of the molecule is CCC(C)C(=O)NC(c1ccccc1)C(O)C(=O)OC1CC2(O)C(OC(=O)c3ccccc3)C3C4C(CC(O)C3(C)C(=O)C(OC(C)=O)C(=C1C)C2(C)C)OC4OC(C)=O. The van der Waals surface area contributed by atoms with Gasteiger partial charge in [-0.2, -0.15) is 0 Å². The van der Waals surface area contributed by atoms with Crippen LogP contribution in [0.25, 0.3) is 0 Å². The summed E-state index contributed by atoms with van der Waals surface area (Å²) in [6.45, 7) is 12.0. The van der Waals surface area contributed by atoms with Gasteiger partial charge in [0.25, 0.3) is 0 Å². The van der Waals surface area contributed by atoms with E-state index in [1.807, 2.05) is 6.92 Å². The lowest BCUT2D eigenvalue weighted by molar-refractivity contribution is -0.352. The van der Waals surface area contributed by atoms with Gasteiger partial charge in [-0.25, -0.2) is 9.59 Å². The molecule has 324 valence electrons. The van der Waals surface area contributed by atoms with Crippen molar-refractivity contribution in [2.24, 2.45) is 28.6 Å². The second-order valence-corrected chi connectivity index (χ2v) is 17.3. The van der Waals surface area contributed by atoms with E-state index in [1.165, 1.54) is 26.0 Å². The first kappa shape index (κ1) is 44.6. The molecule has 0 radical (unpaired) electrons. The molecule has 2 aromatic rings. The zero-order valence-corrected chi connectivity index (χ0v) is 35.1. The van der Waals surface area contributed by atoms with Gasteiger partial charge in [-0.15, -0.1) is 0 Å². The predicted molar refractivity (Wildman–Crippen MR) is 211 cm³/mol. The maximum absolute atomic E-state index is 15.4. The largest absolute Gasteiger partial charge is 0.456 e. The number of nitrogens with one attached hydrogen (secondary N) is 1. The first-order chi connectivity index (χ1) is 28.2. The third kappa shape index (κ3) is 7.65. The number of esters is 4. The van der Waals surface area contributed by atoms with Gasteiger partial charge in [0.15, 0.2) is 18.0 Å². The highest BCUT2D eigenvalue weighted by atomic mass is 16.7. The summed E-state index contributed by atoms with van der Waals surface area (Å²) < 4.78 is 29.7. The van der Waals surface area contributed by atoms with Crippen LogP contribution in [0.5, 0.6) is 0 Å². The minimum absolute atomic E-state index is 0.0320. The number of rotatable bonds is 11. The van der Waals surface area contributed by atoms with Gasteiger partial charge in [-0.3, -0.25) is 19.2 Å². The van der Waals surface area contributed by atoms with E-state index in [9.17, 15) is 39.3 Å². The van der Waals surface area contributed by atoms with Crippen molar-refractivity contribution in [1.29, 1.82) is 0 Å². The quantitative estimate of drug-likeness (QED) is 0.144. The molecule has 1 amide bonds. The Bertz CT molecular complexity index is 2030. The van der Waals surface area contributed by atoms with Crippen LogP contribution in [0, 0.1) is 28.6 Å². The first-order valence-corrected chi connectivity index (χ1v) is 20.3. The van der Waals surface area contributed by atoms with Gasteiger partial charge in [0, 0.05) is 43.9 Å². The van der Waals surface area contributed by atoms with Gasteiger partial charge >= 0.3 is 23.9 Å². The van der Waals surface area contributed by atoms with E-state index in [1.54, 1.807) is 76.2 Å². The highest BCUT2D eigenvalue weighted by molar-refractivity contribution is 5.95. The minimum Gasteiger partial charge on any atom is -0.456 e. The highest BCUT2D eigenvalue weighted by Gasteiger charge is 2.74. The zero-order chi connectivity index (χ0) is 44.1. The van der Waals surface area contributed by atoms with E-state index in [-0.39, 0.29) is 23.1 Å². The van der Waals surface area contributed by atoms with Crippen LogP contribution in [0.4, 0.5) is 0 Å². The summed E-state index contributed by atoms with van der Waals surface area (Å²) >= 11 is 0. The maximum Gasteiger partial charge on any atom is 0.338 e. The Morgan fingerprint density at radius 2 is 1.52 bits per heavy atom. The van der Waals surface area contributed by atoms with Crippen LogP contribution in [0.3, 0.4) is 0 Å². The van der Waals surface area contributed by atoms with E-state index < -0.39 is 125 Å². The summed E-state index contributed by atoms with van der Waals surface area (Å²) in [4.78, 5) is 82.2. The number of aliphatic hydroxyl groups is 3. The fourth-order valence-electron chi connectivity index (χ4n) is 9.73. The first-order valence-electron chi connectivity index (χ1n) is 20.3. The maximum atomic E-state index is 15.4. The molecule has 6 rings (SSSR count). The number of aliphatic hydroxyl groups excluding tert-OH is 2. The van der Waals surface area contributed by atoms with Gasteiger partial charge < -0.3 is 44.3 Å². The van der Waals surface area contributed by atoms with Crippen LogP contribution in [0.15, 0.2) is 71.8 Å². The van der Waals surface area contributed by atoms with Gasteiger partial charge in [0.2, 0.25) is 12.2 Å². The summed E-state index contributed by atoms with van der Waals surface area (Å²) in [7, 11) is 0. The molecule has 13 unspecified atom stereocenters. The number of benzene rings is 2. The number of amides is 1. The van der Waals surface area contributed by atoms with Crippen molar-refractivity contribution in [3.8, 4) is 0 Å². The topological polar surface area (TPSA) is 221 Å². The molecule has 4 N–H and O–H groups in total. The molecule has 1 aliphatic heterocycles. The van der Waals surface area contributed by atoms with Crippen molar-refractivity contribution in [1.82, 2.24) is 5.32 Å². The molecule has 60 heavy (non-hydrogen) atoms. The normalized spacial score (nSPS) is 33.1. The predicted octanol–water partition coefficient (Wildman–Crippen LogP) is 3.67. The molecule has 15 nitrogen and oxygen atoms in total. The summed E-state index contributed by atoms with van der Waals surface area (Å²) in [5.41, 5.74) is -5.12. The van der Waals surface area contributed by atoms with Gasteiger partial charge in [-0.1, -0.05) is 76.2 Å². The Morgan fingerprint density at radius 1 is 0.917 bits per heavy atom. The molecule has 3 fully saturated rings. The molecule has 2 aromatic carbocycles. The standard InChI is InChI=1S/C45H55NO14/c1-9-22(2)39(52)46-34(26-16-12-10-13-17-26)35(50)41(54)58-29-21-45(55)38(60-40(53)27-18-14-11-15-19-27)33-31-28(59-42(31)57-25(5)48)20-30(49)44(33,8)37(51)36(56-24(4)47)32(23(29)3)43(45,6)7/h10-19,22,28-31,33-36,38,42,49-50,55H,9,20-21H2,1-8H3,(H,46,52). The summed E-state index contributed by atoms with van der Waals surface area (Å²) in [6, 6.07) is 15.0. The number of ether oxygens (including phenoxy) is 5. The lowest BCUT2D eigenvalue weighted by atomic mass is 9.45. The van der Waals surface area contributed by atoms with Crippen molar-refractivity contribution in [2.75, 3.05) is 0 Å². The number of Topliss-reactive ketones (excluding diaryl/α,β-unsaturated/α-hetero) is 1. The van der Waals surface area contributed by atoms with Gasteiger partial charge in [0.05, 0.1) is 35.1 Å². The average molecular weight is 834 g/mol. The number of hydrogen-bond donors (Lipinski definition) is 4. The molecule has 0 aromatic heterocycles. The molecule has 13 atom stereocenters. The summed E-state index contributed by atoms with van der Waals surface area (Å²) in [6.07, 6.45) is -10.6.